The summed E-state index contributed by atoms with van der Waals surface area (Å²) < 4.78 is 36.3. The van der Waals surface area contributed by atoms with Crippen LogP contribution in [0, 0.1) is 5.82 Å². The molecule has 0 aromatic heterocycles. The number of hydrogen-bond donors (Lipinski definition) is 0. The molecule has 110 valence electrons. The Bertz CT molecular complexity index is 636. The van der Waals surface area contributed by atoms with E-state index in [0.29, 0.717) is 12.1 Å². The Morgan fingerprint density at radius 3 is 2.65 bits per heavy atom. The second kappa shape index (κ2) is 5.87. The number of nitrogens with zero attached hydrogens (tertiary/aromatic N) is 1. The average Bonchev–Trinajstić information content (AvgIpc) is 2.74. The van der Waals surface area contributed by atoms with Crippen molar-refractivity contribution in [1.29, 1.82) is 0 Å². The first-order chi connectivity index (χ1) is 9.34. The van der Waals surface area contributed by atoms with Crippen LogP contribution in [0.2, 0.25) is 5.02 Å². The van der Waals surface area contributed by atoms with Crippen molar-refractivity contribution in [3.05, 3.63) is 29.0 Å². The van der Waals surface area contributed by atoms with Gasteiger partial charge in [-0.15, -0.1) is 11.6 Å². The molecule has 1 aliphatic heterocycles. The summed E-state index contributed by atoms with van der Waals surface area (Å²) in [4.78, 5) is 13.3. The summed E-state index contributed by atoms with van der Waals surface area (Å²) in [5, 5.41) is -0.129. The van der Waals surface area contributed by atoms with E-state index < -0.39 is 27.6 Å². The van der Waals surface area contributed by atoms with Gasteiger partial charge in [0.1, 0.15) is 11.7 Å². The third kappa shape index (κ3) is 3.24. The van der Waals surface area contributed by atoms with E-state index in [-0.39, 0.29) is 22.4 Å². The van der Waals surface area contributed by atoms with E-state index in [1.807, 2.05) is 0 Å². The molecule has 1 fully saturated rings. The quantitative estimate of drug-likeness (QED) is 0.793. The van der Waals surface area contributed by atoms with Crippen LogP contribution in [0.4, 0.5) is 10.1 Å². The molecule has 0 aliphatic carbocycles. The molecule has 4 nitrogen and oxygen atoms in total. The summed E-state index contributed by atoms with van der Waals surface area (Å²) in [5.41, 5.74) is 0.351. The van der Waals surface area contributed by atoms with Gasteiger partial charge in [0.2, 0.25) is 5.91 Å². The van der Waals surface area contributed by atoms with Gasteiger partial charge in [-0.3, -0.25) is 4.79 Å². The molecule has 0 N–H and O–H groups in total. The van der Waals surface area contributed by atoms with Crippen LogP contribution in [0.1, 0.15) is 6.42 Å². The molecule has 1 atom stereocenters. The normalized spacial score (nSPS) is 20.9. The van der Waals surface area contributed by atoms with Gasteiger partial charge in [0.05, 0.1) is 22.6 Å². The third-order valence-electron chi connectivity index (χ3n) is 3.14. The highest BCUT2D eigenvalue weighted by Crippen LogP contribution is 2.28. The van der Waals surface area contributed by atoms with Crippen LogP contribution >= 0.6 is 23.2 Å². The Morgan fingerprint density at radius 1 is 1.45 bits per heavy atom. The summed E-state index contributed by atoms with van der Waals surface area (Å²) in [6.07, 6.45) is 0.333. The number of rotatable bonds is 3. The lowest BCUT2D eigenvalue weighted by molar-refractivity contribution is -0.116. The fourth-order valence-corrected chi connectivity index (χ4v) is 4.24. The monoisotopic (exact) mass is 339 g/mol. The zero-order valence-electron chi connectivity index (χ0n) is 10.4. The van der Waals surface area contributed by atoms with Crippen LogP contribution in [-0.2, 0) is 14.6 Å². The molecule has 1 saturated heterocycles. The maximum Gasteiger partial charge on any atom is 0.242 e. The number of carbonyl (C=O) groups excluding carboxylic acids is 1. The fraction of sp³-hybridized carbons (Fsp3) is 0.417. The minimum atomic E-state index is -3.15. The molecule has 1 aromatic rings. The Balaban J connectivity index is 2.38. The molecular weight excluding hydrogens is 328 g/mol. The van der Waals surface area contributed by atoms with E-state index >= 15 is 0 Å². The van der Waals surface area contributed by atoms with Crippen molar-refractivity contribution < 1.29 is 17.6 Å². The van der Waals surface area contributed by atoms with Crippen LogP contribution in [0.25, 0.3) is 0 Å². The van der Waals surface area contributed by atoms with Gasteiger partial charge < -0.3 is 4.90 Å². The number of halogens is 3. The highest BCUT2D eigenvalue weighted by atomic mass is 35.5. The fourth-order valence-electron chi connectivity index (χ4n) is 2.24. The van der Waals surface area contributed by atoms with Crippen LogP contribution < -0.4 is 4.90 Å². The second-order valence-electron chi connectivity index (χ2n) is 4.55. The largest absolute Gasteiger partial charge is 0.307 e. The average molecular weight is 340 g/mol. The van der Waals surface area contributed by atoms with Crippen molar-refractivity contribution in [1.82, 2.24) is 0 Å². The standard InChI is InChI=1S/C12H12Cl2FNO3S/c13-6-12(17)16(9-3-4-20(18,19)7-9)8-1-2-11(15)10(14)5-8/h1-2,5,9H,3-4,6-7H2. The zero-order valence-corrected chi connectivity index (χ0v) is 12.7. The summed E-state index contributed by atoms with van der Waals surface area (Å²) in [7, 11) is -3.15. The van der Waals surface area contributed by atoms with E-state index in [1.54, 1.807) is 0 Å². The van der Waals surface area contributed by atoms with Gasteiger partial charge in [0, 0.05) is 5.69 Å². The lowest BCUT2D eigenvalue weighted by atomic mass is 10.2. The maximum absolute atomic E-state index is 13.2. The van der Waals surface area contributed by atoms with Gasteiger partial charge in [-0.05, 0) is 24.6 Å². The number of benzene rings is 1. The molecule has 1 amide bonds. The van der Waals surface area contributed by atoms with Crippen molar-refractivity contribution in [3.8, 4) is 0 Å². The van der Waals surface area contributed by atoms with Crippen molar-refractivity contribution in [2.24, 2.45) is 0 Å². The molecule has 0 radical (unpaired) electrons. The lowest BCUT2D eigenvalue weighted by Gasteiger charge is -2.28. The molecule has 1 aromatic carbocycles. The topological polar surface area (TPSA) is 54.5 Å². The first-order valence-electron chi connectivity index (χ1n) is 5.87. The van der Waals surface area contributed by atoms with Gasteiger partial charge in [0.15, 0.2) is 9.84 Å². The number of amides is 1. The molecule has 1 aliphatic rings. The van der Waals surface area contributed by atoms with E-state index in [2.05, 4.69) is 0 Å². The molecule has 0 spiro atoms. The molecule has 8 heteroatoms. The SMILES string of the molecule is O=C(CCl)N(c1ccc(F)c(Cl)c1)C1CCS(=O)(=O)C1. The lowest BCUT2D eigenvalue weighted by Crippen LogP contribution is -2.42. The third-order valence-corrected chi connectivity index (χ3v) is 5.41. The smallest absolute Gasteiger partial charge is 0.242 e. The summed E-state index contributed by atoms with van der Waals surface area (Å²) >= 11 is 11.3. The maximum atomic E-state index is 13.2. The molecule has 0 saturated carbocycles. The molecule has 1 heterocycles. The van der Waals surface area contributed by atoms with Gasteiger partial charge in [0.25, 0.3) is 0 Å². The molecular formula is C12H12Cl2FNO3S. The summed E-state index contributed by atoms with van der Waals surface area (Å²) in [6.45, 7) is 0. The van der Waals surface area contributed by atoms with Gasteiger partial charge in [-0.2, -0.15) is 0 Å². The number of anilines is 1. The Morgan fingerprint density at radius 2 is 2.15 bits per heavy atom. The number of sulfone groups is 1. The van der Waals surface area contributed by atoms with E-state index in [1.165, 1.54) is 17.0 Å². The van der Waals surface area contributed by atoms with Gasteiger partial charge in [-0.1, -0.05) is 11.6 Å². The van der Waals surface area contributed by atoms with Crippen molar-refractivity contribution in [2.75, 3.05) is 22.3 Å². The Hall–Kier alpha value is -0.850. The first-order valence-corrected chi connectivity index (χ1v) is 8.61. The van der Waals surface area contributed by atoms with Crippen LogP contribution in [0.15, 0.2) is 18.2 Å². The molecule has 20 heavy (non-hydrogen) atoms. The van der Waals surface area contributed by atoms with Crippen molar-refractivity contribution in [3.63, 3.8) is 0 Å². The first kappa shape index (κ1) is 15.5. The highest BCUT2D eigenvalue weighted by Gasteiger charge is 2.35. The predicted octanol–water partition coefficient (Wildman–Crippen LogP) is 2.24. The van der Waals surface area contributed by atoms with E-state index in [9.17, 15) is 17.6 Å². The Labute approximate surface area is 126 Å². The summed E-state index contributed by atoms with van der Waals surface area (Å²) in [5.74, 6) is -1.42. The van der Waals surface area contributed by atoms with Gasteiger partial charge in [-0.25, -0.2) is 12.8 Å². The van der Waals surface area contributed by atoms with Crippen LogP contribution in [0.3, 0.4) is 0 Å². The molecule has 2 rings (SSSR count). The molecule has 1 unspecified atom stereocenters. The van der Waals surface area contributed by atoms with Crippen molar-refractivity contribution >= 4 is 44.6 Å². The minimum Gasteiger partial charge on any atom is -0.307 e. The second-order valence-corrected chi connectivity index (χ2v) is 7.46. The van der Waals surface area contributed by atoms with Crippen LogP contribution in [-0.4, -0.2) is 37.8 Å². The molecule has 0 bridgehead atoms. The highest BCUT2D eigenvalue weighted by molar-refractivity contribution is 7.91. The van der Waals surface area contributed by atoms with Crippen LogP contribution in [0.5, 0.6) is 0 Å². The number of carbonyl (C=O) groups is 1. The van der Waals surface area contributed by atoms with E-state index in [0.717, 1.165) is 6.07 Å². The van der Waals surface area contributed by atoms with Crippen molar-refractivity contribution in [2.45, 2.75) is 12.5 Å². The number of hydrogen-bond acceptors (Lipinski definition) is 3. The zero-order chi connectivity index (χ0) is 14.9. The van der Waals surface area contributed by atoms with E-state index in [4.69, 9.17) is 23.2 Å². The van der Waals surface area contributed by atoms with Gasteiger partial charge >= 0.3 is 0 Å². The minimum absolute atomic E-state index is 0.0264. The summed E-state index contributed by atoms with van der Waals surface area (Å²) in [6, 6.07) is 3.33. The number of alkyl halides is 1. The predicted molar refractivity (Wildman–Crippen MR) is 76.7 cm³/mol. The Kier molecular flexibility index (Phi) is 4.56.